The minimum atomic E-state index is 0.676. The average molecular weight is 188 g/mol. The molecule has 1 aliphatic carbocycles. The van der Waals surface area contributed by atoms with Crippen LogP contribution in [-0.2, 0) is 12.8 Å². The second-order valence-electron chi connectivity index (χ2n) is 4.99. The van der Waals surface area contributed by atoms with Gasteiger partial charge in [0.1, 0.15) is 0 Å². The van der Waals surface area contributed by atoms with Gasteiger partial charge in [0.25, 0.3) is 0 Å². The fraction of sp³-hybridized carbons (Fsp3) is 0.571. The summed E-state index contributed by atoms with van der Waals surface area (Å²) in [6.07, 6.45) is 3.95. The molecule has 0 radical (unpaired) electrons. The lowest BCUT2D eigenvalue weighted by atomic mass is 9.80. The van der Waals surface area contributed by atoms with E-state index in [-0.39, 0.29) is 0 Å². The SMILES string of the molecule is CC1CCc2cccc(C(C)C)c2C1. The smallest absolute Gasteiger partial charge is 0.0216 e. The molecular weight excluding hydrogens is 168 g/mol. The van der Waals surface area contributed by atoms with Gasteiger partial charge in [0.15, 0.2) is 0 Å². The van der Waals surface area contributed by atoms with Gasteiger partial charge in [-0.05, 0) is 47.8 Å². The first kappa shape index (κ1) is 9.76. The monoisotopic (exact) mass is 188 g/mol. The predicted octanol–water partition coefficient (Wildman–Crippen LogP) is 3.93. The summed E-state index contributed by atoms with van der Waals surface area (Å²) in [6, 6.07) is 6.85. The molecule has 0 spiro atoms. The number of hydrogen-bond donors (Lipinski definition) is 0. The molecular formula is C14H20. The van der Waals surface area contributed by atoms with Crippen molar-refractivity contribution in [1.29, 1.82) is 0 Å². The molecule has 0 aromatic heterocycles. The second kappa shape index (κ2) is 3.76. The van der Waals surface area contributed by atoms with Gasteiger partial charge in [-0.15, -0.1) is 0 Å². The topological polar surface area (TPSA) is 0 Å². The second-order valence-corrected chi connectivity index (χ2v) is 4.99. The summed E-state index contributed by atoms with van der Waals surface area (Å²) in [6.45, 7) is 6.98. The van der Waals surface area contributed by atoms with Crippen LogP contribution in [0.4, 0.5) is 0 Å². The Labute approximate surface area is 87.3 Å². The highest BCUT2D eigenvalue weighted by atomic mass is 14.2. The Morgan fingerprint density at radius 1 is 1.29 bits per heavy atom. The van der Waals surface area contributed by atoms with E-state index in [2.05, 4.69) is 39.0 Å². The Hall–Kier alpha value is -0.780. The van der Waals surface area contributed by atoms with E-state index in [0.29, 0.717) is 5.92 Å². The first-order valence-corrected chi connectivity index (χ1v) is 5.79. The third kappa shape index (κ3) is 1.70. The van der Waals surface area contributed by atoms with Crippen LogP contribution in [0, 0.1) is 5.92 Å². The van der Waals surface area contributed by atoms with E-state index in [4.69, 9.17) is 0 Å². The van der Waals surface area contributed by atoms with Gasteiger partial charge in [-0.1, -0.05) is 39.0 Å². The standard InChI is InChI=1S/C14H20/c1-10(2)13-6-4-5-12-8-7-11(3)9-14(12)13/h4-6,10-11H,7-9H2,1-3H3. The van der Waals surface area contributed by atoms with Gasteiger partial charge >= 0.3 is 0 Å². The van der Waals surface area contributed by atoms with Crippen molar-refractivity contribution in [3.8, 4) is 0 Å². The summed E-state index contributed by atoms with van der Waals surface area (Å²) in [5.74, 6) is 1.55. The summed E-state index contributed by atoms with van der Waals surface area (Å²) >= 11 is 0. The Morgan fingerprint density at radius 3 is 2.79 bits per heavy atom. The Bertz CT molecular complexity index is 323. The molecule has 1 aromatic rings. The molecule has 0 bridgehead atoms. The third-order valence-electron chi connectivity index (χ3n) is 3.39. The average Bonchev–Trinajstić information content (AvgIpc) is 2.16. The summed E-state index contributed by atoms with van der Waals surface area (Å²) in [7, 11) is 0. The van der Waals surface area contributed by atoms with Gasteiger partial charge < -0.3 is 0 Å². The van der Waals surface area contributed by atoms with Crippen molar-refractivity contribution < 1.29 is 0 Å². The highest BCUT2D eigenvalue weighted by Gasteiger charge is 2.18. The van der Waals surface area contributed by atoms with Crippen molar-refractivity contribution in [3.05, 3.63) is 34.9 Å². The van der Waals surface area contributed by atoms with Crippen LogP contribution < -0.4 is 0 Å². The molecule has 14 heavy (non-hydrogen) atoms. The van der Waals surface area contributed by atoms with Crippen LogP contribution in [0.15, 0.2) is 18.2 Å². The van der Waals surface area contributed by atoms with E-state index < -0.39 is 0 Å². The molecule has 2 rings (SSSR count). The molecule has 0 amide bonds. The molecule has 0 heteroatoms. The Balaban J connectivity index is 2.43. The van der Waals surface area contributed by atoms with E-state index in [1.165, 1.54) is 19.3 Å². The molecule has 0 aliphatic heterocycles. The van der Waals surface area contributed by atoms with Gasteiger partial charge in [-0.25, -0.2) is 0 Å². The Morgan fingerprint density at radius 2 is 2.07 bits per heavy atom. The molecule has 0 fully saturated rings. The quantitative estimate of drug-likeness (QED) is 0.626. The molecule has 76 valence electrons. The van der Waals surface area contributed by atoms with E-state index in [1.807, 2.05) is 0 Å². The summed E-state index contributed by atoms with van der Waals surface area (Å²) < 4.78 is 0. The molecule has 0 N–H and O–H groups in total. The fourth-order valence-electron chi connectivity index (χ4n) is 2.53. The van der Waals surface area contributed by atoms with Crippen LogP contribution >= 0.6 is 0 Å². The zero-order valence-electron chi connectivity index (χ0n) is 9.51. The normalized spacial score (nSPS) is 21.0. The van der Waals surface area contributed by atoms with E-state index >= 15 is 0 Å². The van der Waals surface area contributed by atoms with Crippen molar-refractivity contribution in [1.82, 2.24) is 0 Å². The fourth-order valence-corrected chi connectivity index (χ4v) is 2.53. The molecule has 0 nitrogen and oxygen atoms in total. The van der Waals surface area contributed by atoms with E-state index in [1.54, 1.807) is 16.7 Å². The summed E-state index contributed by atoms with van der Waals surface area (Å²) in [5, 5.41) is 0. The maximum Gasteiger partial charge on any atom is -0.0216 e. The predicted molar refractivity (Wildman–Crippen MR) is 61.7 cm³/mol. The number of aryl methyl sites for hydroxylation is 1. The minimum Gasteiger partial charge on any atom is -0.0622 e. The minimum absolute atomic E-state index is 0.676. The number of benzene rings is 1. The molecule has 1 aliphatic rings. The van der Waals surface area contributed by atoms with Crippen molar-refractivity contribution >= 4 is 0 Å². The lowest BCUT2D eigenvalue weighted by Gasteiger charge is -2.25. The van der Waals surface area contributed by atoms with Gasteiger partial charge in [0.05, 0.1) is 0 Å². The van der Waals surface area contributed by atoms with Crippen LogP contribution in [0.1, 0.15) is 49.8 Å². The van der Waals surface area contributed by atoms with Gasteiger partial charge in [0, 0.05) is 0 Å². The van der Waals surface area contributed by atoms with Crippen LogP contribution in [-0.4, -0.2) is 0 Å². The molecule has 0 saturated carbocycles. The van der Waals surface area contributed by atoms with Crippen molar-refractivity contribution in [2.75, 3.05) is 0 Å². The zero-order valence-corrected chi connectivity index (χ0v) is 9.51. The molecule has 1 atom stereocenters. The van der Waals surface area contributed by atoms with Crippen LogP contribution in [0.2, 0.25) is 0 Å². The third-order valence-corrected chi connectivity index (χ3v) is 3.39. The summed E-state index contributed by atoms with van der Waals surface area (Å²) in [4.78, 5) is 0. The van der Waals surface area contributed by atoms with Crippen LogP contribution in [0.5, 0.6) is 0 Å². The first-order valence-electron chi connectivity index (χ1n) is 5.79. The lowest BCUT2D eigenvalue weighted by molar-refractivity contribution is 0.496. The van der Waals surface area contributed by atoms with Crippen molar-refractivity contribution in [2.24, 2.45) is 5.92 Å². The van der Waals surface area contributed by atoms with E-state index in [0.717, 1.165) is 5.92 Å². The summed E-state index contributed by atoms with van der Waals surface area (Å²) in [5.41, 5.74) is 4.84. The van der Waals surface area contributed by atoms with Gasteiger partial charge in [0.2, 0.25) is 0 Å². The van der Waals surface area contributed by atoms with E-state index in [9.17, 15) is 0 Å². The number of hydrogen-bond acceptors (Lipinski definition) is 0. The van der Waals surface area contributed by atoms with Gasteiger partial charge in [-0.3, -0.25) is 0 Å². The first-order chi connectivity index (χ1) is 6.68. The lowest BCUT2D eigenvalue weighted by Crippen LogP contribution is -2.14. The molecule has 1 aromatic carbocycles. The molecule has 0 heterocycles. The molecule has 0 saturated heterocycles. The molecule has 1 unspecified atom stereocenters. The maximum absolute atomic E-state index is 2.38. The number of rotatable bonds is 1. The van der Waals surface area contributed by atoms with Crippen molar-refractivity contribution in [2.45, 2.75) is 46.0 Å². The Kier molecular flexibility index (Phi) is 2.62. The highest BCUT2D eigenvalue weighted by Crippen LogP contribution is 2.31. The van der Waals surface area contributed by atoms with Gasteiger partial charge in [-0.2, -0.15) is 0 Å². The van der Waals surface area contributed by atoms with Crippen LogP contribution in [0.3, 0.4) is 0 Å². The zero-order chi connectivity index (χ0) is 10.1. The number of fused-ring (bicyclic) bond motifs is 1. The van der Waals surface area contributed by atoms with Crippen molar-refractivity contribution in [3.63, 3.8) is 0 Å². The largest absolute Gasteiger partial charge is 0.0622 e. The van der Waals surface area contributed by atoms with Crippen LogP contribution in [0.25, 0.3) is 0 Å². The maximum atomic E-state index is 2.38. The highest BCUT2D eigenvalue weighted by molar-refractivity contribution is 5.39.